The van der Waals surface area contributed by atoms with Crippen LogP contribution in [0.2, 0.25) is 0 Å². The molecule has 0 saturated carbocycles. The summed E-state index contributed by atoms with van der Waals surface area (Å²) in [6, 6.07) is 9.93. The van der Waals surface area contributed by atoms with Gasteiger partial charge in [-0.25, -0.2) is 0 Å². The molecule has 0 saturated heterocycles. The number of carbonyl (C=O) groups is 1. The fourth-order valence-electron chi connectivity index (χ4n) is 1.89. The summed E-state index contributed by atoms with van der Waals surface area (Å²) in [5, 5.41) is 11.1. The normalized spacial score (nSPS) is 12.0. The summed E-state index contributed by atoms with van der Waals surface area (Å²) >= 11 is 3.40. The molecule has 0 aliphatic heterocycles. The number of benzene rings is 1. The number of hydrogen-bond donors (Lipinski definition) is 1. The number of hydrogen-bond acceptors (Lipinski definition) is 3. The summed E-state index contributed by atoms with van der Waals surface area (Å²) < 4.78 is 6.76. The topological polar surface area (TPSA) is 62.1 Å². The molecule has 1 atom stereocenters. The van der Waals surface area contributed by atoms with E-state index >= 15 is 0 Å². The van der Waals surface area contributed by atoms with Gasteiger partial charge >= 0.3 is 0 Å². The first-order valence-corrected chi connectivity index (χ1v) is 7.83. The summed E-state index contributed by atoms with van der Waals surface area (Å²) in [5.41, 5.74) is 1.17. The van der Waals surface area contributed by atoms with Crippen molar-refractivity contribution in [1.29, 1.82) is 5.26 Å². The van der Waals surface area contributed by atoms with Gasteiger partial charge in [0.1, 0.15) is 12.6 Å². The number of halogens is 1. The second kappa shape index (κ2) is 9.54. The van der Waals surface area contributed by atoms with E-state index in [-0.39, 0.29) is 12.5 Å². The SMILES string of the molecule is CC(C)CC(OCCc1ccc(Br)cc1)C(=O)NCC#N. The van der Waals surface area contributed by atoms with Crippen molar-refractivity contribution in [3.8, 4) is 6.07 Å². The second-order valence-corrected chi connectivity index (χ2v) is 6.16. The third-order valence-corrected chi connectivity index (χ3v) is 3.47. The lowest BCUT2D eigenvalue weighted by molar-refractivity contribution is -0.133. The third-order valence-electron chi connectivity index (χ3n) is 2.94. The molecular formula is C16H21BrN2O2. The van der Waals surface area contributed by atoms with Gasteiger partial charge in [0.25, 0.3) is 0 Å². The van der Waals surface area contributed by atoms with Crippen LogP contribution in [-0.4, -0.2) is 25.2 Å². The van der Waals surface area contributed by atoms with Gasteiger partial charge in [-0.05, 0) is 36.5 Å². The standard InChI is InChI=1S/C16H21BrN2O2/c1-12(2)11-15(16(20)19-9-8-18)21-10-7-13-3-5-14(17)6-4-13/h3-6,12,15H,7,9-11H2,1-2H3,(H,19,20). The molecule has 0 aliphatic rings. The summed E-state index contributed by atoms with van der Waals surface area (Å²) in [7, 11) is 0. The Morgan fingerprint density at radius 2 is 2.05 bits per heavy atom. The predicted octanol–water partition coefficient (Wildman–Crippen LogP) is 3.06. The number of nitrogens with one attached hydrogen (secondary N) is 1. The minimum absolute atomic E-state index is 0.0174. The largest absolute Gasteiger partial charge is 0.368 e. The Hall–Kier alpha value is -1.38. The fourth-order valence-corrected chi connectivity index (χ4v) is 2.15. The van der Waals surface area contributed by atoms with E-state index in [1.165, 1.54) is 5.56 Å². The van der Waals surface area contributed by atoms with E-state index in [0.717, 1.165) is 10.9 Å². The van der Waals surface area contributed by atoms with Gasteiger partial charge in [-0.2, -0.15) is 5.26 Å². The van der Waals surface area contributed by atoms with Crippen molar-refractivity contribution in [2.75, 3.05) is 13.2 Å². The van der Waals surface area contributed by atoms with E-state index in [1.807, 2.05) is 44.2 Å². The second-order valence-electron chi connectivity index (χ2n) is 5.24. The highest BCUT2D eigenvalue weighted by Crippen LogP contribution is 2.12. The quantitative estimate of drug-likeness (QED) is 0.731. The van der Waals surface area contributed by atoms with Crippen LogP contribution in [0.15, 0.2) is 28.7 Å². The van der Waals surface area contributed by atoms with E-state index in [1.54, 1.807) is 0 Å². The lowest BCUT2D eigenvalue weighted by Crippen LogP contribution is -2.37. The lowest BCUT2D eigenvalue weighted by Gasteiger charge is -2.18. The van der Waals surface area contributed by atoms with Crippen LogP contribution < -0.4 is 5.32 Å². The molecule has 1 aromatic carbocycles. The van der Waals surface area contributed by atoms with Crippen LogP contribution in [0.3, 0.4) is 0 Å². The van der Waals surface area contributed by atoms with Gasteiger partial charge in [-0.15, -0.1) is 0 Å². The molecule has 114 valence electrons. The van der Waals surface area contributed by atoms with Crippen LogP contribution >= 0.6 is 15.9 Å². The van der Waals surface area contributed by atoms with E-state index in [4.69, 9.17) is 10.00 Å². The average molecular weight is 353 g/mol. The molecular weight excluding hydrogens is 332 g/mol. The van der Waals surface area contributed by atoms with Gasteiger partial charge in [0.05, 0.1) is 12.7 Å². The molecule has 1 unspecified atom stereocenters. The van der Waals surface area contributed by atoms with Crippen LogP contribution in [0.5, 0.6) is 0 Å². The Balaban J connectivity index is 2.47. The molecule has 1 N–H and O–H groups in total. The summed E-state index contributed by atoms with van der Waals surface area (Å²) in [6.45, 7) is 4.59. The number of carbonyl (C=O) groups excluding carboxylic acids is 1. The molecule has 4 nitrogen and oxygen atoms in total. The maximum absolute atomic E-state index is 11.9. The van der Waals surface area contributed by atoms with Gasteiger partial charge in [0.2, 0.25) is 5.91 Å². The number of ether oxygens (including phenoxy) is 1. The van der Waals surface area contributed by atoms with Gasteiger partial charge in [0, 0.05) is 4.47 Å². The molecule has 0 heterocycles. The lowest BCUT2D eigenvalue weighted by atomic mass is 10.1. The third kappa shape index (κ3) is 7.26. The summed E-state index contributed by atoms with van der Waals surface area (Å²) in [6.07, 6.45) is 0.916. The first-order chi connectivity index (χ1) is 10.0. The molecule has 0 bridgehead atoms. The monoisotopic (exact) mass is 352 g/mol. The summed E-state index contributed by atoms with van der Waals surface area (Å²) in [4.78, 5) is 11.9. The number of nitriles is 1. The number of rotatable bonds is 8. The number of nitrogens with zero attached hydrogens (tertiary/aromatic N) is 1. The first kappa shape index (κ1) is 17.7. The predicted molar refractivity (Wildman–Crippen MR) is 85.7 cm³/mol. The van der Waals surface area contributed by atoms with Gasteiger partial charge in [-0.1, -0.05) is 41.9 Å². The zero-order valence-corrected chi connectivity index (χ0v) is 14.0. The molecule has 5 heteroatoms. The van der Waals surface area contributed by atoms with Gasteiger partial charge < -0.3 is 10.1 Å². The molecule has 21 heavy (non-hydrogen) atoms. The zero-order chi connectivity index (χ0) is 15.7. The van der Waals surface area contributed by atoms with Crippen molar-refractivity contribution in [2.24, 2.45) is 5.92 Å². The van der Waals surface area contributed by atoms with Crippen molar-refractivity contribution in [1.82, 2.24) is 5.32 Å². The highest BCUT2D eigenvalue weighted by atomic mass is 79.9. The molecule has 0 aliphatic carbocycles. The zero-order valence-electron chi connectivity index (χ0n) is 12.4. The van der Waals surface area contributed by atoms with Crippen LogP contribution in [0.4, 0.5) is 0 Å². The van der Waals surface area contributed by atoms with Gasteiger partial charge in [-0.3, -0.25) is 4.79 Å². The minimum Gasteiger partial charge on any atom is -0.368 e. The van der Waals surface area contributed by atoms with E-state index in [9.17, 15) is 4.79 Å². The Bertz CT molecular complexity index is 480. The van der Waals surface area contributed by atoms with Crippen molar-refractivity contribution in [3.05, 3.63) is 34.3 Å². The van der Waals surface area contributed by atoms with Crippen LogP contribution in [0.25, 0.3) is 0 Å². The van der Waals surface area contributed by atoms with Crippen LogP contribution in [0.1, 0.15) is 25.8 Å². The number of amides is 1. The molecule has 1 aromatic rings. The fraction of sp³-hybridized carbons (Fsp3) is 0.500. The molecule has 1 rings (SSSR count). The molecule has 0 spiro atoms. The average Bonchev–Trinajstić information content (AvgIpc) is 2.45. The van der Waals surface area contributed by atoms with Crippen molar-refractivity contribution < 1.29 is 9.53 Å². The van der Waals surface area contributed by atoms with Gasteiger partial charge in [0.15, 0.2) is 0 Å². The highest BCUT2D eigenvalue weighted by Gasteiger charge is 2.19. The van der Waals surface area contributed by atoms with E-state index in [2.05, 4.69) is 21.2 Å². The van der Waals surface area contributed by atoms with E-state index in [0.29, 0.717) is 18.9 Å². The van der Waals surface area contributed by atoms with Crippen molar-refractivity contribution in [2.45, 2.75) is 32.8 Å². The van der Waals surface area contributed by atoms with Crippen LogP contribution in [-0.2, 0) is 16.0 Å². The Morgan fingerprint density at radius 3 is 2.62 bits per heavy atom. The summed E-state index contributed by atoms with van der Waals surface area (Å²) in [5.74, 6) is 0.150. The maximum atomic E-state index is 11.9. The minimum atomic E-state index is -0.492. The molecule has 0 aromatic heterocycles. The molecule has 1 amide bonds. The Labute approximate surface area is 134 Å². The van der Waals surface area contributed by atoms with Crippen molar-refractivity contribution in [3.63, 3.8) is 0 Å². The molecule has 0 radical (unpaired) electrons. The van der Waals surface area contributed by atoms with Crippen LogP contribution in [0, 0.1) is 17.2 Å². The smallest absolute Gasteiger partial charge is 0.249 e. The first-order valence-electron chi connectivity index (χ1n) is 7.03. The van der Waals surface area contributed by atoms with Crippen molar-refractivity contribution >= 4 is 21.8 Å². The molecule has 0 fully saturated rings. The highest BCUT2D eigenvalue weighted by molar-refractivity contribution is 9.10. The Morgan fingerprint density at radius 1 is 1.38 bits per heavy atom. The van der Waals surface area contributed by atoms with E-state index < -0.39 is 6.10 Å². The maximum Gasteiger partial charge on any atom is 0.249 e. The Kier molecular flexibility index (Phi) is 8.03.